The molecule has 0 amide bonds. The van der Waals surface area contributed by atoms with Gasteiger partial charge in [-0.2, -0.15) is 13.2 Å². The van der Waals surface area contributed by atoms with Gasteiger partial charge in [-0.25, -0.2) is 4.39 Å². The summed E-state index contributed by atoms with van der Waals surface area (Å²) >= 11 is 0. The highest BCUT2D eigenvalue weighted by Gasteiger charge is 2.38. The standard InChI is InChI=1S/C27H38F4O/c1-3-4-5-6-19-7-12-21(13-8-19)22-14-9-20(10-15-22)11-16-23-17-18-24(32-2)26(28)25(23)27(29,30)31/h11,16-22H,3-10,12-15H2,1-2H3/b16-11+. The third-order valence-corrected chi connectivity index (χ3v) is 7.78. The first-order valence-electron chi connectivity index (χ1n) is 12.4. The number of hydrogen-bond acceptors (Lipinski definition) is 1. The molecule has 1 nitrogen and oxygen atoms in total. The molecular formula is C27H38F4O. The van der Waals surface area contributed by atoms with Gasteiger partial charge in [0.25, 0.3) is 0 Å². The van der Waals surface area contributed by atoms with Crippen LogP contribution in [0.2, 0.25) is 0 Å². The molecule has 1 aromatic rings. The summed E-state index contributed by atoms with van der Waals surface area (Å²) in [7, 11) is 1.17. The van der Waals surface area contributed by atoms with E-state index in [0.29, 0.717) is 0 Å². The molecule has 1 aromatic carbocycles. The van der Waals surface area contributed by atoms with E-state index in [2.05, 4.69) is 6.92 Å². The van der Waals surface area contributed by atoms with Crippen LogP contribution in [-0.4, -0.2) is 7.11 Å². The molecule has 5 heteroatoms. The fraction of sp³-hybridized carbons (Fsp3) is 0.704. The third kappa shape index (κ3) is 6.51. The number of hydrogen-bond donors (Lipinski definition) is 0. The van der Waals surface area contributed by atoms with Gasteiger partial charge in [0.2, 0.25) is 0 Å². The number of halogens is 4. The number of allylic oxidation sites excluding steroid dienone is 1. The fourth-order valence-corrected chi connectivity index (χ4v) is 5.84. The van der Waals surface area contributed by atoms with Gasteiger partial charge in [0.15, 0.2) is 11.6 Å². The van der Waals surface area contributed by atoms with Crippen molar-refractivity contribution in [1.29, 1.82) is 0 Å². The van der Waals surface area contributed by atoms with Crippen molar-refractivity contribution in [2.45, 2.75) is 90.1 Å². The Kier molecular flexibility index (Phi) is 9.07. The maximum Gasteiger partial charge on any atom is 0.419 e. The molecule has 2 aliphatic carbocycles. The minimum atomic E-state index is -4.76. The predicted molar refractivity (Wildman–Crippen MR) is 122 cm³/mol. The van der Waals surface area contributed by atoms with E-state index in [1.807, 2.05) is 6.08 Å². The summed E-state index contributed by atoms with van der Waals surface area (Å²) in [5.41, 5.74) is -1.36. The molecule has 0 saturated heterocycles. The van der Waals surface area contributed by atoms with E-state index in [9.17, 15) is 17.6 Å². The summed E-state index contributed by atoms with van der Waals surface area (Å²) in [5, 5.41) is 0. The van der Waals surface area contributed by atoms with Crippen molar-refractivity contribution in [1.82, 2.24) is 0 Å². The van der Waals surface area contributed by atoms with E-state index in [4.69, 9.17) is 4.74 Å². The third-order valence-electron chi connectivity index (χ3n) is 7.78. The minimum absolute atomic E-state index is 0.126. The monoisotopic (exact) mass is 454 g/mol. The first-order chi connectivity index (χ1) is 15.3. The first-order valence-corrected chi connectivity index (χ1v) is 12.4. The maximum absolute atomic E-state index is 14.3. The molecule has 0 radical (unpaired) electrons. The second-order valence-electron chi connectivity index (χ2n) is 9.85. The van der Waals surface area contributed by atoms with Crippen LogP contribution in [0.15, 0.2) is 18.2 Å². The van der Waals surface area contributed by atoms with Crippen molar-refractivity contribution < 1.29 is 22.3 Å². The Labute approximate surface area is 190 Å². The topological polar surface area (TPSA) is 9.23 Å². The molecule has 0 unspecified atom stereocenters. The average Bonchev–Trinajstić information content (AvgIpc) is 2.78. The molecule has 0 aliphatic heterocycles. The Hall–Kier alpha value is -1.52. The van der Waals surface area contributed by atoms with Crippen LogP contribution in [0.5, 0.6) is 5.75 Å². The van der Waals surface area contributed by atoms with Crippen LogP contribution < -0.4 is 4.74 Å². The number of alkyl halides is 3. The van der Waals surface area contributed by atoms with Gasteiger partial charge in [-0.05, 0) is 73.8 Å². The van der Waals surface area contributed by atoms with Crippen LogP contribution in [-0.2, 0) is 6.18 Å². The lowest BCUT2D eigenvalue weighted by Crippen LogP contribution is -2.25. The Bertz CT molecular complexity index is 739. The van der Waals surface area contributed by atoms with Crippen molar-refractivity contribution in [3.8, 4) is 5.75 Å². The smallest absolute Gasteiger partial charge is 0.419 e. The van der Waals surface area contributed by atoms with Crippen LogP contribution in [0.4, 0.5) is 17.6 Å². The lowest BCUT2D eigenvalue weighted by molar-refractivity contribution is -0.140. The summed E-state index contributed by atoms with van der Waals surface area (Å²) < 4.78 is 59.3. The molecule has 2 aliphatic rings. The summed E-state index contributed by atoms with van der Waals surface area (Å²) in [6.07, 6.45) is 13.7. The number of benzene rings is 1. The highest BCUT2D eigenvalue weighted by Crippen LogP contribution is 2.43. The first kappa shape index (κ1) is 25.1. The van der Waals surface area contributed by atoms with Crippen LogP contribution in [0, 0.1) is 29.5 Å². The van der Waals surface area contributed by atoms with Crippen molar-refractivity contribution in [2.24, 2.45) is 23.7 Å². The zero-order chi connectivity index (χ0) is 23.1. The van der Waals surface area contributed by atoms with Crippen LogP contribution in [0.1, 0.15) is 95.1 Å². The number of methoxy groups -OCH3 is 1. The van der Waals surface area contributed by atoms with Crippen molar-refractivity contribution in [2.75, 3.05) is 7.11 Å². The average molecular weight is 455 g/mol. The normalized spacial score (nSPS) is 27.1. The molecule has 2 saturated carbocycles. The van der Waals surface area contributed by atoms with Gasteiger partial charge in [0, 0.05) is 0 Å². The molecule has 0 spiro atoms. The second kappa shape index (κ2) is 11.6. The van der Waals surface area contributed by atoms with E-state index in [0.717, 1.165) is 43.4 Å². The number of ether oxygens (including phenoxy) is 1. The van der Waals surface area contributed by atoms with E-state index < -0.39 is 17.6 Å². The lowest BCUT2D eigenvalue weighted by Gasteiger charge is -2.37. The second-order valence-corrected chi connectivity index (χ2v) is 9.85. The molecule has 32 heavy (non-hydrogen) atoms. The Morgan fingerprint density at radius 1 is 0.938 bits per heavy atom. The quantitative estimate of drug-likeness (QED) is 0.281. The summed E-state index contributed by atoms with van der Waals surface area (Å²) in [6.45, 7) is 2.26. The maximum atomic E-state index is 14.3. The van der Waals surface area contributed by atoms with Gasteiger partial charge < -0.3 is 4.74 Å². The number of unbranched alkanes of at least 4 members (excludes halogenated alkanes) is 2. The van der Waals surface area contributed by atoms with E-state index in [-0.39, 0.29) is 17.2 Å². The van der Waals surface area contributed by atoms with E-state index in [1.54, 1.807) is 0 Å². The summed E-state index contributed by atoms with van der Waals surface area (Å²) in [5.74, 6) is 1.06. The van der Waals surface area contributed by atoms with Crippen LogP contribution in [0.25, 0.3) is 6.08 Å². The van der Waals surface area contributed by atoms with Gasteiger partial charge in [0.1, 0.15) is 5.56 Å². The SMILES string of the molecule is CCCCCC1CCC(C2CCC(/C=C/c3ccc(OC)c(F)c3C(F)(F)F)CC2)CC1. The van der Waals surface area contributed by atoms with Crippen molar-refractivity contribution in [3.63, 3.8) is 0 Å². The van der Waals surface area contributed by atoms with Crippen LogP contribution >= 0.6 is 0 Å². The fourth-order valence-electron chi connectivity index (χ4n) is 5.84. The van der Waals surface area contributed by atoms with Crippen molar-refractivity contribution in [3.05, 3.63) is 35.2 Å². The van der Waals surface area contributed by atoms with Crippen molar-refractivity contribution >= 4 is 6.08 Å². The molecule has 0 bridgehead atoms. The minimum Gasteiger partial charge on any atom is -0.494 e. The largest absolute Gasteiger partial charge is 0.494 e. The summed E-state index contributed by atoms with van der Waals surface area (Å²) in [6, 6.07) is 2.56. The van der Waals surface area contributed by atoms with Crippen LogP contribution in [0.3, 0.4) is 0 Å². The molecule has 0 heterocycles. The van der Waals surface area contributed by atoms with E-state index in [1.165, 1.54) is 76.7 Å². The van der Waals surface area contributed by atoms with E-state index >= 15 is 0 Å². The molecule has 0 N–H and O–H groups in total. The molecule has 0 atom stereocenters. The Morgan fingerprint density at radius 3 is 2.12 bits per heavy atom. The molecule has 180 valence electrons. The number of rotatable bonds is 8. The molecule has 3 rings (SSSR count). The Balaban J connectivity index is 1.52. The Morgan fingerprint density at radius 2 is 1.56 bits per heavy atom. The van der Waals surface area contributed by atoms with Gasteiger partial charge in [-0.15, -0.1) is 0 Å². The highest BCUT2D eigenvalue weighted by atomic mass is 19.4. The van der Waals surface area contributed by atoms with Gasteiger partial charge >= 0.3 is 6.18 Å². The zero-order valence-corrected chi connectivity index (χ0v) is 19.5. The molecule has 0 aromatic heterocycles. The van der Waals surface area contributed by atoms with Gasteiger partial charge in [-0.3, -0.25) is 0 Å². The zero-order valence-electron chi connectivity index (χ0n) is 19.5. The van der Waals surface area contributed by atoms with Gasteiger partial charge in [-0.1, -0.05) is 63.7 Å². The highest BCUT2D eigenvalue weighted by molar-refractivity contribution is 5.57. The predicted octanol–water partition coefficient (Wildman–Crippen LogP) is 9.06. The lowest BCUT2D eigenvalue weighted by atomic mass is 9.68. The van der Waals surface area contributed by atoms with Gasteiger partial charge in [0.05, 0.1) is 7.11 Å². The molecular weight excluding hydrogens is 416 g/mol. The molecule has 2 fully saturated rings. The summed E-state index contributed by atoms with van der Waals surface area (Å²) in [4.78, 5) is 0.